The van der Waals surface area contributed by atoms with Crippen molar-refractivity contribution in [3.63, 3.8) is 0 Å². The SMILES string of the molecule is CC(C)(C)OC(=O)N[C@@H](Cc1ccccc1)[C@@H](O)C[C@@H](Cc1ccc(OCCO)cc1)C(=O)NC1c2ccccc2C[C@H]1O. The van der Waals surface area contributed by atoms with Crippen molar-refractivity contribution in [1.82, 2.24) is 10.6 Å². The topological polar surface area (TPSA) is 137 Å². The summed E-state index contributed by atoms with van der Waals surface area (Å²) in [4.78, 5) is 26.7. The monoisotopic (exact) mass is 604 g/mol. The van der Waals surface area contributed by atoms with Gasteiger partial charge in [0.2, 0.25) is 5.91 Å². The Kier molecular flexibility index (Phi) is 11.4. The minimum absolute atomic E-state index is 0.0480. The van der Waals surface area contributed by atoms with Gasteiger partial charge in [-0.2, -0.15) is 0 Å². The molecule has 0 aromatic heterocycles. The summed E-state index contributed by atoms with van der Waals surface area (Å²) in [6.07, 6.45) is -1.37. The molecule has 5 atom stereocenters. The highest BCUT2D eigenvalue weighted by atomic mass is 16.6. The van der Waals surface area contributed by atoms with Crippen molar-refractivity contribution in [3.05, 3.63) is 101 Å². The van der Waals surface area contributed by atoms with E-state index in [-0.39, 0.29) is 25.5 Å². The lowest BCUT2D eigenvalue weighted by Crippen LogP contribution is -2.48. The molecule has 4 rings (SSSR count). The molecule has 5 N–H and O–H groups in total. The smallest absolute Gasteiger partial charge is 0.407 e. The molecule has 9 nitrogen and oxygen atoms in total. The summed E-state index contributed by atoms with van der Waals surface area (Å²) < 4.78 is 11.0. The predicted octanol–water partition coefficient (Wildman–Crippen LogP) is 3.88. The van der Waals surface area contributed by atoms with E-state index >= 15 is 0 Å². The Morgan fingerprint density at radius 2 is 1.59 bits per heavy atom. The Balaban J connectivity index is 1.56. The molecule has 1 aliphatic carbocycles. The average Bonchev–Trinajstić information content (AvgIpc) is 3.30. The van der Waals surface area contributed by atoms with Crippen LogP contribution in [-0.2, 0) is 28.8 Å². The van der Waals surface area contributed by atoms with Crippen LogP contribution in [0.5, 0.6) is 5.75 Å². The molecule has 0 aliphatic heterocycles. The van der Waals surface area contributed by atoms with Gasteiger partial charge in [0.1, 0.15) is 18.0 Å². The Morgan fingerprint density at radius 3 is 2.27 bits per heavy atom. The zero-order chi connectivity index (χ0) is 31.7. The fraction of sp³-hybridized carbons (Fsp3) is 0.429. The van der Waals surface area contributed by atoms with Gasteiger partial charge in [-0.25, -0.2) is 4.79 Å². The number of aliphatic hydroxyl groups excluding tert-OH is 3. The molecule has 0 saturated carbocycles. The largest absolute Gasteiger partial charge is 0.491 e. The lowest BCUT2D eigenvalue weighted by molar-refractivity contribution is -0.127. The van der Waals surface area contributed by atoms with Crippen molar-refractivity contribution in [2.45, 2.75) is 76.3 Å². The molecule has 1 aliphatic rings. The van der Waals surface area contributed by atoms with Crippen LogP contribution in [0.2, 0.25) is 0 Å². The zero-order valence-electron chi connectivity index (χ0n) is 25.6. The number of hydrogen-bond donors (Lipinski definition) is 5. The summed E-state index contributed by atoms with van der Waals surface area (Å²) in [5.74, 6) is -0.395. The number of nitrogens with one attached hydrogen (secondary N) is 2. The first-order valence-corrected chi connectivity index (χ1v) is 15.1. The van der Waals surface area contributed by atoms with Crippen LogP contribution in [0.4, 0.5) is 4.79 Å². The number of rotatable bonds is 13. The van der Waals surface area contributed by atoms with E-state index in [2.05, 4.69) is 10.6 Å². The molecule has 44 heavy (non-hydrogen) atoms. The van der Waals surface area contributed by atoms with Gasteiger partial charge < -0.3 is 35.4 Å². The molecular formula is C35H44N2O7. The first-order chi connectivity index (χ1) is 21.0. The van der Waals surface area contributed by atoms with Gasteiger partial charge in [0.05, 0.1) is 30.9 Å². The number of ether oxygens (including phenoxy) is 2. The molecule has 9 heteroatoms. The maximum absolute atomic E-state index is 13.9. The summed E-state index contributed by atoms with van der Waals surface area (Å²) in [6.45, 7) is 5.39. The average molecular weight is 605 g/mol. The molecule has 0 heterocycles. The maximum Gasteiger partial charge on any atom is 0.407 e. The lowest BCUT2D eigenvalue weighted by atomic mass is 9.88. The first-order valence-electron chi connectivity index (χ1n) is 15.1. The molecule has 0 bridgehead atoms. The van der Waals surface area contributed by atoms with Gasteiger partial charge in [-0.1, -0.05) is 66.7 Å². The second kappa shape index (κ2) is 15.2. The minimum Gasteiger partial charge on any atom is -0.491 e. The van der Waals surface area contributed by atoms with Gasteiger partial charge in [0.25, 0.3) is 0 Å². The van der Waals surface area contributed by atoms with Crippen molar-refractivity contribution in [3.8, 4) is 5.75 Å². The van der Waals surface area contributed by atoms with Gasteiger partial charge in [0.15, 0.2) is 0 Å². The number of alkyl carbamates (subject to hydrolysis) is 1. The van der Waals surface area contributed by atoms with Crippen LogP contribution in [-0.4, -0.2) is 64.4 Å². The van der Waals surface area contributed by atoms with Crippen molar-refractivity contribution in [1.29, 1.82) is 0 Å². The van der Waals surface area contributed by atoms with Gasteiger partial charge >= 0.3 is 6.09 Å². The van der Waals surface area contributed by atoms with Crippen molar-refractivity contribution in [2.24, 2.45) is 5.92 Å². The highest BCUT2D eigenvalue weighted by molar-refractivity contribution is 5.80. The van der Waals surface area contributed by atoms with Crippen LogP contribution in [0.25, 0.3) is 0 Å². The number of hydrogen-bond acceptors (Lipinski definition) is 7. The number of aliphatic hydroxyl groups is 3. The molecule has 0 radical (unpaired) electrons. The fourth-order valence-corrected chi connectivity index (χ4v) is 5.54. The second-order valence-electron chi connectivity index (χ2n) is 12.3. The van der Waals surface area contributed by atoms with Gasteiger partial charge in [0, 0.05) is 12.3 Å². The van der Waals surface area contributed by atoms with Crippen LogP contribution >= 0.6 is 0 Å². The normalized spacial score (nSPS) is 18.0. The van der Waals surface area contributed by atoms with E-state index in [1.807, 2.05) is 66.7 Å². The molecule has 0 spiro atoms. The van der Waals surface area contributed by atoms with E-state index in [4.69, 9.17) is 14.6 Å². The molecule has 3 aromatic carbocycles. The van der Waals surface area contributed by atoms with E-state index in [0.717, 1.165) is 22.3 Å². The van der Waals surface area contributed by atoms with Crippen LogP contribution < -0.4 is 15.4 Å². The Hall–Kier alpha value is -3.92. The Morgan fingerprint density at radius 1 is 0.932 bits per heavy atom. The van der Waals surface area contributed by atoms with E-state index in [1.54, 1.807) is 32.9 Å². The number of carbonyl (C=O) groups is 2. The van der Waals surface area contributed by atoms with E-state index in [0.29, 0.717) is 25.0 Å². The Labute approximate surface area is 259 Å². The Bertz CT molecular complexity index is 1360. The number of amides is 2. The van der Waals surface area contributed by atoms with Crippen LogP contribution in [0.15, 0.2) is 78.9 Å². The van der Waals surface area contributed by atoms with Gasteiger partial charge in [-0.3, -0.25) is 4.79 Å². The molecule has 1 unspecified atom stereocenters. The molecule has 0 saturated heterocycles. The summed E-state index contributed by atoms with van der Waals surface area (Å²) in [7, 11) is 0. The quantitative estimate of drug-likeness (QED) is 0.200. The zero-order valence-corrected chi connectivity index (χ0v) is 25.6. The third-order valence-corrected chi connectivity index (χ3v) is 7.63. The number of benzene rings is 3. The summed E-state index contributed by atoms with van der Waals surface area (Å²) in [6, 6.07) is 23.1. The van der Waals surface area contributed by atoms with Crippen LogP contribution in [0, 0.1) is 5.92 Å². The number of fused-ring (bicyclic) bond motifs is 1. The van der Waals surface area contributed by atoms with Crippen LogP contribution in [0.3, 0.4) is 0 Å². The van der Waals surface area contributed by atoms with E-state index < -0.39 is 41.9 Å². The third kappa shape index (κ3) is 9.54. The van der Waals surface area contributed by atoms with Crippen molar-refractivity contribution in [2.75, 3.05) is 13.2 Å². The first kappa shape index (κ1) is 33.0. The van der Waals surface area contributed by atoms with Crippen molar-refractivity contribution >= 4 is 12.0 Å². The van der Waals surface area contributed by atoms with E-state index in [9.17, 15) is 19.8 Å². The van der Waals surface area contributed by atoms with Crippen molar-refractivity contribution < 1.29 is 34.4 Å². The van der Waals surface area contributed by atoms with Gasteiger partial charge in [-0.05, 0) is 74.4 Å². The maximum atomic E-state index is 13.9. The molecule has 2 amide bonds. The standard InChI is InChI=1S/C35H44N2O7/c1-35(2,3)44-34(42)36-29(20-23-9-5-4-6-10-23)30(39)22-26(19-24-13-15-27(16-14-24)43-18-17-38)33(41)37-32-28-12-8-7-11-25(28)21-31(32)40/h4-16,26,29-32,38-40H,17-22H2,1-3H3,(H,36,42)(H,37,41)/t26-,29+,30+,31-,32?/m1/s1. The molecule has 3 aromatic rings. The highest BCUT2D eigenvalue weighted by Crippen LogP contribution is 2.32. The summed E-state index contributed by atoms with van der Waals surface area (Å²) in [5.41, 5.74) is 2.91. The lowest BCUT2D eigenvalue weighted by Gasteiger charge is -2.29. The summed E-state index contributed by atoms with van der Waals surface area (Å²) in [5, 5.41) is 37.3. The summed E-state index contributed by atoms with van der Waals surface area (Å²) >= 11 is 0. The molecular weight excluding hydrogens is 560 g/mol. The fourth-order valence-electron chi connectivity index (χ4n) is 5.54. The van der Waals surface area contributed by atoms with Crippen LogP contribution in [0.1, 0.15) is 55.5 Å². The molecule has 0 fully saturated rings. The van der Waals surface area contributed by atoms with Gasteiger partial charge in [-0.15, -0.1) is 0 Å². The highest BCUT2D eigenvalue weighted by Gasteiger charge is 2.35. The predicted molar refractivity (Wildman–Crippen MR) is 167 cm³/mol. The third-order valence-electron chi connectivity index (χ3n) is 7.63. The second-order valence-corrected chi connectivity index (χ2v) is 12.3. The van der Waals surface area contributed by atoms with E-state index in [1.165, 1.54) is 0 Å². The molecule has 236 valence electrons. The number of carbonyl (C=O) groups excluding carboxylic acids is 2. The minimum atomic E-state index is -1.09.